The average molecular weight is 342 g/mol. The van der Waals surface area contributed by atoms with Crippen LogP contribution >= 0.6 is 23.2 Å². The molecule has 0 bridgehead atoms. The maximum Gasteiger partial charge on any atom is 0.239 e. The maximum atomic E-state index is 12.6. The van der Waals surface area contributed by atoms with Gasteiger partial charge in [-0.15, -0.1) is 0 Å². The Bertz CT molecular complexity index is 790. The van der Waals surface area contributed by atoms with Crippen molar-refractivity contribution in [3.05, 3.63) is 63.6 Å². The molecule has 0 aliphatic carbocycles. The molecule has 0 fully saturated rings. The summed E-state index contributed by atoms with van der Waals surface area (Å²) in [6.45, 7) is 0.479. The third kappa shape index (κ3) is 2.89. The number of rotatable bonds is 3. The van der Waals surface area contributed by atoms with Crippen LogP contribution in [0, 0.1) is 0 Å². The minimum Gasteiger partial charge on any atom is -0.269 e. The van der Waals surface area contributed by atoms with Gasteiger partial charge in [0.15, 0.2) is 0 Å². The SMILES string of the molecule is O=S(=O)(Cc1ccc(Cl)cc1Cl)N1CCc2ccccc21. The number of anilines is 1. The van der Waals surface area contributed by atoms with Gasteiger partial charge in [0.2, 0.25) is 10.0 Å². The third-order valence-corrected chi connectivity index (χ3v) is 5.85. The van der Waals surface area contributed by atoms with E-state index in [-0.39, 0.29) is 5.75 Å². The van der Waals surface area contributed by atoms with Gasteiger partial charge in [-0.25, -0.2) is 8.42 Å². The van der Waals surface area contributed by atoms with Gasteiger partial charge in [-0.3, -0.25) is 4.31 Å². The monoisotopic (exact) mass is 341 g/mol. The summed E-state index contributed by atoms with van der Waals surface area (Å²) in [7, 11) is -3.46. The number of sulfonamides is 1. The van der Waals surface area contributed by atoms with Crippen molar-refractivity contribution in [3.8, 4) is 0 Å². The third-order valence-electron chi connectivity index (χ3n) is 3.53. The predicted molar refractivity (Wildman–Crippen MR) is 86.6 cm³/mol. The molecule has 0 saturated heterocycles. The molecule has 0 amide bonds. The summed E-state index contributed by atoms with van der Waals surface area (Å²) < 4.78 is 26.7. The topological polar surface area (TPSA) is 37.4 Å². The molecule has 0 radical (unpaired) electrons. The van der Waals surface area contributed by atoms with E-state index in [4.69, 9.17) is 23.2 Å². The molecular weight excluding hydrogens is 329 g/mol. The Hall–Kier alpha value is -1.23. The van der Waals surface area contributed by atoms with Crippen molar-refractivity contribution in [2.24, 2.45) is 0 Å². The molecule has 1 aliphatic rings. The zero-order chi connectivity index (χ0) is 15.0. The highest BCUT2D eigenvalue weighted by molar-refractivity contribution is 7.92. The van der Waals surface area contributed by atoms with Crippen LogP contribution in [0.4, 0.5) is 5.69 Å². The number of halogens is 2. The van der Waals surface area contributed by atoms with E-state index in [0.717, 1.165) is 17.7 Å². The molecule has 0 spiro atoms. The van der Waals surface area contributed by atoms with Crippen LogP contribution in [0.25, 0.3) is 0 Å². The fraction of sp³-hybridized carbons (Fsp3) is 0.200. The lowest BCUT2D eigenvalue weighted by Gasteiger charge is -2.20. The van der Waals surface area contributed by atoms with Gasteiger partial charge < -0.3 is 0 Å². The van der Waals surface area contributed by atoms with Crippen LogP contribution in [0.15, 0.2) is 42.5 Å². The van der Waals surface area contributed by atoms with Crippen LogP contribution in [0.3, 0.4) is 0 Å². The van der Waals surface area contributed by atoms with Crippen molar-refractivity contribution >= 4 is 38.9 Å². The molecule has 2 aromatic rings. The van der Waals surface area contributed by atoms with E-state index in [1.165, 1.54) is 4.31 Å². The zero-order valence-electron chi connectivity index (χ0n) is 11.1. The van der Waals surface area contributed by atoms with Crippen molar-refractivity contribution in [3.63, 3.8) is 0 Å². The smallest absolute Gasteiger partial charge is 0.239 e. The number of nitrogens with zero attached hydrogens (tertiary/aromatic N) is 1. The number of para-hydroxylation sites is 1. The molecule has 6 heteroatoms. The summed E-state index contributed by atoms with van der Waals surface area (Å²) in [6, 6.07) is 12.4. The van der Waals surface area contributed by atoms with Crippen molar-refractivity contribution in [2.75, 3.05) is 10.8 Å². The van der Waals surface area contributed by atoms with Gasteiger partial charge in [0.1, 0.15) is 0 Å². The van der Waals surface area contributed by atoms with E-state index in [9.17, 15) is 8.42 Å². The summed E-state index contributed by atoms with van der Waals surface area (Å²) in [4.78, 5) is 0. The molecule has 1 aliphatic heterocycles. The molecule has 1 heterocycles. The van der Waals surface area contributed by atoms with E-state index in [0.29, 0.717) is 22.2 Å². The summed E-state index contributed by atoms with van der Waals surface area (Å²) in [5, 5.41) is 0.867. The van der Waals surface area contributed by atoms with Crippen LogP contribution in [0.5, 0.6) is 0 Å². The molecule has 3 nitrogen and oxygen atoms in total. The highest BCUT2D eigenvalue weighted by atomic mass is 35.5. The molecule has 0 atom stereocenters. The quantitative estimate of drug-likeness (QED) is 0.849. The minimum absolute atomic E-state index is 0.128. The maximum absolute atomic E-state index is 12.6. The van der Waals surface area contributed by atoms with Crippen LogP contribution in [0.1, 0.15) is 11.1 Å². The molecule has 0 saturated carbocycles. The highest BCUT2D eigenvalue weighted by Gasteiger charge is 2.29. The van der Waals surface area contributed by atoms with Gasteiger partial charge in [0.25, 0.3) is 0 Å². The van der Waals surface area contributed by atoms with Gasteiger partial charge in [0, 0.05) is 16.6 Å². The van der Waals surface area contributed by atoms with E-state index < -0.39 is 10.0 Å². The minimum atomic E-state index is -3.46. The van der Waals surface area contributed by atoms with Gasteiger partial charge in [-0.2, -0.15) is 0 Å². The predicted octanol–water partition coefficient (Wildman–Crippen LogP) is 3.89. The summed E-state index contributed by atoms with van der Waals surface area (Å²) in [5.74, 6) is -0.128. The Morgan fingerprint density at radius 2 is 1.86 bits per heavy atom. The van der Waals surface area contributed by atoms with Gasteiger partial charge in [-0.05, 0) is 35.7 Å². The largest absolute Gasteiger partial charge is 0.269 e. The lowest BCUT2D eigenvalue weighted by atomic mass is 10.2. The van der Waals surface area contributed by atoms with E-state index in [1.807, 2.05) is 24.3 Å². The summed E-state index contributed by atoms with van der Waals surface area (Å²) in [5.41, 5.74) is 2.39. The van der Waals surface area contributed by atoms with Crippen molar-refractivity contribution < 1.29 is 8.42 Å². The van der Waals surface area contributed by atoms with E-state index >= 15 is 0 Å². The number of benzene rings is 2. The molecule has 3 rings (SSSR count). The Labute approximate surface area is 134 Å². The molecule has 0 N–H and O–H groups in total. The first-order chi connectivity index (χ1) is 9.97. The fourth-order valence-corrected chi connectivity index (χ4v) is 4.71. The fourth-order valence-electron chi connectivity index (χ4n) is 2.51. The number of fused-ring (bicyclic) bond motifs is 1. The van der Waals surface area contributed by atoms with Gasteiger partial charge >= 0.3 is 0 Å². The first-order valence-electron chi connectivity index (χ1n) is 6.49. The molecule has 110 valence electrons. The molecular formula is C15H13Cl2NO2S. The number of hydrogen-bond donors (Lipinski definition) is 0. The van der Waals surface area contributed by atoms with Crippen LogP contribution in [-0.4, -0.2) is 15.0 Å². The second-order valence-electron chi connectivity index (χ2n) is 4.94. The van der Waals surface area contributed by atoms with Crippen LogP contribution in [-0.2, 0) is 22.2 Å². The van der Waals surface area contributed by atoms with E-state index in [1.54, 1.807) is 18.2 Å². The van der Waals surface area contributed by atoms with Gasteiger partial charge in [-0.1, -0.05) is 47.5 Å². The van der Waals surface area contributed by atoms with Crippen molar-refractivity contribution in [1.29, 1.82) is 0 Å². The first-order valence-corrected chi connectivity index (χ1v) is 8.86. The van der Waals surface area contributed by atoms with Crippen molar-refractivity contribution in [2.45, 2.75) is 12.2 Å². The summed E-state index contributed by atoms with van der Waals surface area (Å²) in [6.07, 6.45) is 0.740. The molecule has 21 heavy (non-hydrogen) atoms. The normalized spacial score (nSPS) is 14.3. The lowest BCUT2D eigenvalue weighted by molar-refractivity contribution is 0.591. The standard InChI is InChI=1S/C15H13Cl2NO2S/c16-13-6-5-12(14(17)9-13)10-21(19,20)18-8-7-11-3-1-2-4-15(11)18/h1-6,9H,7-8,10H2. The molecule has 2 aromatic carbocycles. The second-order valence-corrected chi connectivity index (χ2v) is 7.68. The second kappa shape index (κ2) is 5.52. The van der Waals surface area contributed by atoms with Crippen molar-refractivity contribution in [1.82, 2.24) is 0 Å². The Morgan fingerprint density at radius 1 is 1.10 bits per heavy atom. The van der Waals surface area contributed by atoms with Crippen LogP contribution in [0.2, 0.25) is 10.0 Å². The van der Waals surface area contributed by atoms with Gasteiger partial charge in [0.05, 0.1) is 11.4 Å². The highest BCUT2D eigenvalue weighted by Crippen LogP contribution is 2.32. The zero-order valence-corrected chi connectivity index (χ0v) is 13.4. The lowest BCUT2D eigenvalue weighted by Crippen LogP contribution is -2.30. The Morgan fingerprint density at radius 3 is 2.62 bits per heavy atom. The van der Waals surface area contributed by atoms with E-state index in [2.05, 4.69) is 0 Å². The first kappa shape index (κ1) is 14.7. The summed E-state index contributed by atoms with van der Waals surface area (Å²) >= 11 is 11.9. The molecule has 0 unspecified atom stereocenters. The number of hydrogen-bond acceptors (Lipinski definition) is 2. The Balaban J connectivity index is 1.92. The average Bonchev–Trinajstić information content (AvgIpc) is 2.86. The molecule has 0 aromatic heterocycles. The van der Waals surface area contributed by atoms with Crippen LogP contribution < -0.4 is 4.31 Å². The Kier molecular flexibility index (Phi) is 3.86.